The van der Waals surface area contributed by atoms with Crippen molar-refractivity contribution < 1.29 is 9.53 Å². The van der Waals surface area contributed by atoms with Crippen molar-refractivity contribution in [2.24, 2.45) is 16.8 Å². The molecular formula is C14H20N2O2S. The van der Waals surface area contributed by atoms with Gasteiger partial charge in [0.25, 0.3) is 5.91 Å². The van der Waals surface area contributed by atoms with Crippen LogP contribution in [-0.4, -0.2) is 35.1 Å². The van der Waals surface area contributed by atoms with E-state index in [1.54, 1.807) is 11.8 Å². The Morgan fingerprint density at radius 3 is 2.79 bits per heavy atom. The van der Waals surface area contributed by atoms with Crippen molar-refractivity contribution in [3.05, 3.63) is 0 Å². The molecule has 0 radical (unpaired) electrons. The summed E-state index contributed by atoms with van der Waals surface area (Å²) in [7, 11) is 0. The number of amidine groups is 1. The molecule has 2 aliphatic heterocycles. The largest absolute Gasteiger partial charge is 0.381 e. The van der Waals surface area contributed by atoms with E-state index >= 15 is 0 Å². The molecule has 1 saturated heterocycles. The number of carbonyl (C=O) groups excluding carboxylic acids is 1. The van der Waals surface area contributed by atoms with Gasteiger partial charge in [-0.15, -0.1) is 0 Å². The molecule has 1 N–H and O–H groups in total. The van der Waals surface area contributed by atoms with Crippen LogP contribution < -0.4 is 5.32 Å². The monoisotopic (exact) mass is 280 g/mol. The molecule has 1 unspecified atom stereocenters. The highest BCUT2D eigenvalue weighted by Gasteiger charge is 2.48. The number of thioether (sulfide) groups is 1. The van der Waals surface area contributed by atoms with Gasteiger partial charge >= 0.3 is 0 Å². The number of fused-ring (bicyclic) bond motifs is 2. The van der Waals surface area contributed by atoms with Crippen LogP contribution in [0, 0.1) is 11.8 Å². The lowest BCUT2D eigenvalue weighted by molar-refractivity contribution is -0.122. The average Bonchev–Trinajstić information content (AvgIpc) is 3.08. The number of rotatable bonds is 1. The number of aliphatic imine (C=N–C) groups is 1. The number of carbonyl (C=O) groups is 1. The van der Waals surface area contributed by atoms with Gasteiger partial charge in [-0.05, 0) is 43.9 Å². The van der Waals surface area contributed by atoms with Crippen LogP contribution in [0.2, 0.25) is 0 Å². The van der Waals surface area contributed by atoms with Crippen LogP contribution >= 0.6 is 11.8 Å². The third kappa shape index (κ3) is 2.02. The molecule has 0 aromatic carbocycles. The molecule has 0 aromatic heterocycles. The van der Waals surface area contributed by atoms with E-state index in [-0.39, 0.29) is 10.7 Å². The maximum atomic E-state index is 12.2. The van der Waals surface area contributed by atoms with E-state index in [4.69, 9.17) is 4.74 Å². The third-order valence-corrected chi connectivity index (χ3v) is 6.61. The molecule has 2 aliphatic carbocycles. The summed E-state index contributed by atoms with van der Waals surface area (Å²) in [5, 5.41) is 4.44. The second-order valence-electron chi connectivity index (χ2n) is 6.36. The summed E-state index contributed by atoms with van der Waals surface area (Å²) in [6.45, 7) is 1.38. The van der Waals surface area contributed by atoms with Crippen molar-refractivity contribution in [1.29, 1.82) is 0 Å². The summed E-state index contributed by atoms with van der Waals surface area (Å²) in [5.41, 5.74) is 0. The van der Waals surface area contributed by atoms with Gasteiger partial charge in [0, 0.05) is 19.3 Å². The molecule has 1 amide bonds. The molecular weight excluding hydrogens is 260 g/mol. The first-order valence-corrected chi connectivity index (χ1v) is 8.23. The van der Waals surface area contributed by atoms with Crippen LogP contribution in [0.4, 0.5) is 0 Å². The Morgan fingerprint density at radius 1 is 1.26 bits per heavy atom. The van der Waals surface area contributed by atoms with Gasteiger partial charge in [0.05, 0.1) is 0 Å². The zero-order valence-corrected chi connectivity index (χ0v) is 11.9. The first kappa shape index (κ1) is 12.2. The lowest BCUT2D eigenvalue weighted by Gasteiger charge is -2.30. The van der Waals surface area contributed by atoms with Gasteiger partial charge in [0.1, 0.15) is 4.75 Å². The molecule has 5 heteroatoms. The van der Waals surface area contributed by atoms with Gasteiger partial charge in [0.2, 0.25) is 0 Å². The molecule has 4 rings (SSSR count). The predicted octanol–water partition coefficient (Wildman–Crippen LogP) is 1.94. The second-order valence-corrected chi connectivity index (χ2v) is 7.73. The Bertz CT molecular complexity index is 431. The minimum atomic E-state index is -0.307. The molecule has 104 valence electrons. The Labute approximate surface area is 117 Å². The van der Waals surface area contributed by atoms with Gasteiger partial charge in [-0.25, -0.2) is 0 Å². The van der Waals surface area contributed by atoms with Gasteiger partial charge < -0.3 is 10.1 Å². The third-order valence-electron chi connectivity index (χ3n) is 5.23. The molecule has 4 nitrogen and oxygen atoms in total. The molecule has 1 spiro atoms. The van der Waals surface area contributed by atoms with Crippen LogP contribution in [0.25, 0.3) is 0 Å². The summed E-state index contributed by atoms with van der Waals surface area (Å²) in [6.07, 6.45) is 7.02. The highest BCUT2D eigenvalue weighted by Crippen LogP contribution is 2.46. The van der Waals surface area contributed by atoms with E-state index in [2.05, 4.69) is 10.3 Å². The zero-order chi connectivity index (χ0) is 12.9. The Morgan fingerprint density at radius 2 is 2.11 bits per heavy atom. The minimum absolute atomic E-state index is 0.0615. The minimum Gasteiger partial charge on any atom is -0.381 e. The van der Waals surface area contributed by atoms with E-state index in [1.807, 2.05) is 0 Å². The van der Waals surface area contributed by atoms with Crippen LogP contribution in [-0.2, 0) is 9.53 Å². The van der Waals surface area contributed by atoms with Crippen LogP contribution in [0.15, 0.2) is 4.99 Å². The summed E-state index contributed by atoms with van der Waals surface area (Å²) < 4.78 is 5.07. The molecule has 2 heterocycles. The van der Waals surface area contributed by atoms with Crippen molar-refractivity contribution in [3.63, 3.8) is 0 Å². The molecule has 3 fully saturated rings. The van der Waals surface area contributed by atoms with Crippen LogP contribution in [0.3, 0.4) is 0 Å². The molecule has 19 heavy (non-hydrogen) atoms. The number of amides is 1. The van der Waals surface area contributed by atoms with Gasteiger partial charge in [-0.3, -0.25) is 4.79 Å². The number of ether oxygens (including phenoxy) is 1. The number of hydrogen-bond acceptors (Lipinski definition) is 4. The molecule has 2 saturated carbocycles. The highest BCUT2D eigenvalue weighted by atomic mass is 32.2. The van der Waals surface area contributed by atoms with E-state index in [0.29, 0.717) is 19.3 Å². The molecule has 4 aliphatic rings. The number of nitrogens with zero attached hydrogens (tertiary/aromatic N) is 1. The van der Waals surface area contributed by atoms with E-state index in [9.17, 15) is 4.79 Å². The fraction of sp³-hybridized carbons (Fsp3) is 0.857. The summed E-state index contributed by atoms with van der Waals surface area (Å²) >= 11 is 1.67. The summed E-state index contributed by atoms with van der Waals surface area (Å²) in [4.78, 5) is 16.5. The van der Waals surface area contributed by atoms with Crippen molar-refractivity contribution in [2.45, 2.75) is 49.3 Å². The van der Waals surface area contributed by atoms with Crippen molar-refractivity contribution >= 4 is 22.8 Å². The number of hydrogen-bond donors (Lipinski definition) is 1. The maximum Gasteiger partial charge on any atom is 0.264 e. The van der Waals surface area contributed by atoms with Gasteiger partial charge in [-0.1, -0.05) is 18.2 Å². The highest BCUT2D eigenvalue weighted by molar-refractivity contribution is 8.16. The molecule has 3 atom stereocenters. The quantitative estimate of drug-likeness (QED) is 0.797. The van der Waals surface area contributed by atoms with Gasteiger partial charge in [-0.2, -0.15) is 4.99 Å². The Balaban J connectivity index is 1.43. The lowest BCUT2D eigenvalue weighted by atomic mass is 9.96. The zero-order valence-electron chi connectivity index (χ0n) is 11.1. The smallest absolute Gasteiger partial charge is 0.264 e. The first-order valence-electron chi connectivity index (χ1n) is 7.42. The lowest BCUT2D eigenvalue weighted by Crippen LogP contribution is -2.40. The Hall–Kier alpha value is -0.550. The second kappa shape index (κ2) is 4.48. The predicted molar refractivity (Wildman–Crippen MR) is 75.2 cm³/mol. The first-order chi connectivity index (χ1) is 9.25. The van der Waals surface area contributed by atoms with Gasteiger partial charge in [0.15, 0.2) is 5.17 Å². The van der Waals surface area contributed by atoms with E-state index in [0.717, 1.165) is 29.8 Å². The van der Waals surface area contributed by atoms with Crippen LogP contribution in [0.1, 0.15) is 38.5 Å². The van der Waals surface area contributed by atoms with Crippen molar-refractivity contribution in [2.75, 3.05) is 13.2 Å². The van der Waals surface area contributed by atoms with Crippen LogP contribution in [0.5, 0.6) is 0 Å². The van der Waals surface area contributed by atoms with Crippen molar-refractivity contribution in [3.8, 4) is 0 Å². The average molecular weight is 280 g/mol. The SMILES string of the molecule is O=C1N=C(N[C@H]2C[C@@H]3CCC2C3)SC12CCOCC2. The standard InChI is InChI=1S/C14H20N2O2S/c17-12-14(3-5-18-6-4-14)19-13(16-12)15-11-8-9-1-2-10(11)7-9/h9-11H,1-8H2,(H,15,16,17)/t9-,10?,11+/m1/s1. The summed E-state index contributed by atoms with van der Waals surface area (Å²) in [6, 6.07) is 0.563. The Kier molecular flexibility index (Phi) is 2.88. The van der Waals surface area contributed by atoms with Crippen molar-refractivity contribution in [1.82, 2.24) is 5.32 Å². The normalized spacial score (nSPS) is 39.9. The topological polar surface area (TPSA) is 50.7 Å². The fourth-order valence-corrected chi connectivity index (χ4v) is 5.32. The fourth-order valence-electron chi connectivity index (χ4n) is 4.10. The van der Waals surface area contributed by atoms with E-state index in [1.165, 1.54) is 25.7 Å². The molecule has 2 bridgehead atoms. The van der Waals surface area contributed by atoms with E-state index < -0.39 is 0 Å². The summed E-state index contributed by atoms with van der Waals surface area (Å²) in [5.74, 6) is 1.79. The maximum absolute atomic E-state index is 12.2. The number of nitrogens with one attached hydrogen (secondary N) is 1. The molecule has 0 aromatic rings.